The second-order valence-corrected chi connectivity index (χ2v) is 9.39. The van der Waals surface area contributed by atoms with Gasteiger partial charge in [-0.2, -0.15) is 0 Å². The van der Waals surface area contributed by atoms with Crippen molar-refractivity contribution in [2.45, 2.75) is 31.2 Å². The van der Waals surface area contributed by atoms with Crippen LogP contribution in [0.4, 0.5) is 11.4 Å². The summed E-state index contributed by atoms with van der Waals surface area (Å²) in [6.45, 7) is 4.14. The second kappa shape index (κ2) is 9.79. The highest BCUT2D eigenvalue weighted by molar-refractivity contribution is 5.48. The van der Waals surface area contributed by atoms with Gasteiger partial charge in [-0.05, 0) is 13.8 Å². The molecule has 2 atom stereocenters. The van der Waals surface area contributed by atoms with E-state index in [1.807, 2.05) is 27.2 Å². The van der Waals surface area contributed by atoms with Crippen molar-refractivity contribution in [1.29, 1.82) is 0 Å². The van der Waals surface area contributed by atoms with Gasteiger partial charge in [0.05, 0.1) is 49.2 Å². The molecule has 0 saturated carbocycles. The van der Waals surface area contributed by atoms with Crippen LogP contribution in [0.1, 0.15) is 25.0 Å². The second-order valence-electron chi connectivity index (χ2n) is 9.39. The number of likely N-dealkylation sites (N-methyl/N-ethyl adjacent to an activating group) is 1. The maximum atomic E-state index is 11.4. The number of non-ortho nitro benzene ring substituents is 2. The van der Waals surface area contributed by atoms with Gasteiger partial charge in [0.15, 0.2) is 0 Å². The molecule has 1 aliphatic rings. The quantitative estimate of drug-likeness (QED) is 0.197. The van der Waals surface area contributed by atoms with E-state index in [1.165, 1.54) is 0 Å². The molecule has 34 heavy (non-hydrogen) atoms. The maximum Gasteiger partial charge on any atom is 0.313 e. The summed E-state index contributed by atoms with van der Waals surface area (Å²) >= 11 is 0. The van der Waals surface area contributed by atoms with Gasteiger partial charge in [-0.15, -0.1) is 0 Å². The Morgan fingerprint density at radius 3 is 1.94 bits per heavy atom. The fourth-order valence-electron chi connectivity index (χ4n) is 3.67. The third-order valence-electron chi connectivity index (χ3n) is 5.38. The van der Waals surface area contributed by atoms with Crippen molar-refractivity contribution in [2.24, 2.45) is 0 Å². The fraction of sp³-hybridized carbons (Fsp3) is 0.455. The van der Waals surface area contributed by atoms with Gasteiger partial charge in [-0.1, -0.05) is 30.3 Å². The minimum atomic E-state index is -2.55. The molecule has 2 aromatic carbocycles. The van der Waals surface area contributed by atoms with Crippen molar-refractivity contribution in [3.63, 3.8) is 0 Å². The van der Waals surface area contributed by atoms with E-state index in [0.29, 0.717) is 16.6 Å². The normalized spacial score (nSPS) is 23.8. The van der Waals surface area contributed by atoms with Gasteiger partial charge >= 0.3 is 5.97 Å². The predicted molar refractivity (Wildman–Crippen MR) is 117 cm³/mol. The standard InChI is InChI=1S/C22H28N3O8.HI/c1-20(2)21(16-9-7-6-8-10-16,31-12-11-25(3,4)5)33-22(26,32-20)17-13-18(23(27)28)15-19(14-17)24(29)30;/h6-10,13-15,26H,11-12H2,1-5H3;1H/q+1;/p-1. The summed E-state index contributed by atoms with van der Waals surface area (Å²) in [7, 11) is 5.98. The number of hydrogen-bond acceptors (Lipinski definition) is 8. The van der Waals surface area contributed by atoms with Gasteiger partial charge in [-0.25, -0.2) is 0 Å². The van der Waals surface area contributed by atoms with E-state index in [2.05, 4.69) is 0 Å². The van der Waals surface area contributed by atoms with E-state index >= 15 is 0 Å². The SMILES string of the molecule is CC1(C)OC(O)(c2cc([N+](=O)[O-])cc([N+](=O)[O-])c2)OC1(OCC[N+](C)(C)C)c1ccccc1.[I-]. The molecule has 0 aliphatic carbocycles. The molecule has 0 aromatic heterocycles. The van der Waals surface area contributed by atoms with E-state index in [0.717, 1.165) is 18.2 Å². The number of hydrogen-bond donors (Lipinski definition) is 1. The molecule has 2 unspecified atom stereocenters. The zero-order valence-corrected chi connectivity index (χ0v) is 21.7. The molecule has 12 heteroatoms. The third-order valence-corrected chi connectivity index (χ3v) is 5.38. The summed E-state index contributed by atoms with van der Waals surface area (Å²) in [6, 6.07) is 11.6. The molecule has 1 saturated heterocycles. The van der Waals surface area contributed by atoms with Crippen molar-refractivity contribution < 1.29 is 57.6 Å². The Labute approximate surface area is 214 Å². The lowest BCUT2D eigenvalue weighted by Gasteiger charge is -2.38. The van der Waals surface area contributed by atoms with Crippen LogP contribution in [-0.4, -0.2) is 59.3 Å². The van der Waals surface area contributed by atoms with E-state index in [9.17, 15) is 25.3 Å². The highest BCUT2D eigenvalue weighted by atomic mass is 127. The van der Waals surface area contributed by atoms with Crippen LogP contribution in [0.5, 0.6) is 0 Å². The first kappa shape index (κ1) is 28.0. The first-order valence-electron chi connectivity index (χ1n) is 10.3. The van der Waals surface area contributed by atoms with Crippen LogP contribution in [0.15, 0.2) is 48.5 Å². The van der Waals surface area contributed by atoms with Gasteiger partial charge in [0.1, 0.15) is 12.1 Å². The highest BCUT2D eigenvalue weighted by Crippen LogP contribution is 2.54. The van der Waals surface area contributed by atoms with E-state index < -0.39 is 38.6 Å². The van der Waals surface area contributed by atoms with Gasteiger partial charge < -0.3 is 43.0 Å². The Morgan fingerprint density at radius 2 is 1.47 bits per heavy atom. The monoisotopic (exact) mass is 589 g/mol. The summed E-state index contributed by atoms with van der Waals surface area (Å²) in [5.41, 5.74) is -2.20. The Kier molecular flexibility index (Phi) is 8.07. The predicted octanol–water partition coefficient (Wildman–Crippen LogP) is 0.0108. The molecule has 1 fully saturated rings. The topological polar surface area (TPSA) is 134 Å². The minimum Gasteiger partial charge on any atom is -1.00 e. The molecule has 186 valence electrons. The maximum absolute atomic E-state index is 11.4. The van der Waals surface area contributed by atoms with Crippen molar-refractivity contribution in [1.82, 2.24) is 0 Å². The number of nitrogens with zero attached hydrogens (tertiary/aromatic N) is 3. The number of benzene rings is 2. The number of halogens is 1. The minimum absolute atomic E-state index is 0. The smallest absolute Gasteiger partial charge is 0.313 e. The zero-order valence-electron chi connectivity index (χ0n) is 19.6. The van der Waals surface area contributed by atoms with Gasteiger partial charge in [0.2, 0.25) is 5.79 Å². The highest BCUT2D eigenvalue weighted by Gasteiger charge is 2.65. The fourth-order valence-corrected chi connectivity index (χ4v) is 3.67. The van der Waals surface area contributed by atoms with E-state index in [4.69, 9.17) is 14.2 Å². The molecule has 1 N–H and O–H groups in total. The molecule has 0 amide bonds. The summed E-state index contributed by atoms with van der Waals surface area (Å²) in [6.07, 6.45) is 0. The Bertz CT molecular complexity index is 1030. The molecular formula is C22H28IN3O8. The molecule has 2 aromatic rings. The zero-order chi connectivity index (χ0) is 24.7. The van der Waals surface area contributed by atoms with Crippen molar-refractivity contribution >= 4 is 11.4 Å². The van der Waals surface area contributed by atoms with E-state index in [-0.39, 0.29) is 36.1 Å². The average Bonchev–Trinajstić information content (AvgIpc) is 2.94. The number of nitro benzene ring substituents is 2. The lowest BCUT2D eigenvalue weighted by Crippen LogP contribution is -3.00. The van der Waals surface area contributed by atoms with Crippen molar-refractivity contribution in [2.75, 3.05) is 34.3 Å². The van der Waals surface area contributed by atoms with Crippen LogP contribution in [0.25, 0.3) is 0 Å². The summed E-state index contributed by atoms with van der Waals surface area (Å²) in [5.74, 6) is -4.16. The number of rotatable bonds is 8. The largest absolute Gasteiger partial charge is 1.00 e. The van der Waals surface area contributed by atoms with Crippen LogP contribution in [0, 0.1) is 20.2 Å². The number of nitro groups is 2. The van der Waals surface area contributed by atoms with Crippen molar-refractivity contribution in [3.05, 3.63) is 79.9 Å². The summed E-state index contributed by atoms with van der Waals surface area (Å²) < 4.78 is 18.8. The molecular weight excluding hydrogens is 561 g/mol. The molecule has 0 radical (unpaired) electrons. The molecule has 11 nitrogen and oxygen atoms in total. The third kappa shape index (κ3) is 5.53. The average molecular weight is 589 g/mol. The molecule has 3 rings (SSSR count). The van der Waals surface area contributed by atoms with E-state index in [1.54, 1.807) is 38.1 Å². The van der Waals surface area contributed by atoms with Crippen LogP contribution in [0.3, 0.4) is 0 Å². The van der Waals surface area contributed by atoms with Gasteiger partial charge in [0.25, 0.3) is 11.4 Å². The Hall–Kier alpha value is -2.23. The van der Waals surface area contributed by atoms with Gasteiger partial charge in [0, 0.05) is 17.7 Å². The number of aliphatic hydroxyl groups is 1. The molecule has 1 heterocycles. The molecule has 0 bridgehead atoms. The van der Waals surface area contributed by atoms with Crippen LogP contribution < -0.4 is 24.0 Å². The summed E-state index contributed by atoms with van der Waals surface area (Å²) in [4.78, 5) is 21.1. The first-order valence-corrected chi connectivity index (χ1v) is 10.3. The lowest BCUT2D eigenvalue weighted by atomic mass is 9.90. The molecule has 0 spiro atoms. The Balaban J connectivity index is 0.00000408. The van der Waals surface area contributed by atoms with Crippen molar-refractivity contribution in [3.8, 4) is 0 Å². The van der Waals surface area contributed by atoms with Gasteiger partial charge in [-0.3, -0.25) is 25.0 Å². The van der Waals surface area contributed by atoms with Crippen LogP contribution in [0.2, 0.25) is 0 Å². The van der Waals surface area contributed by atoms with Crippen LogP contribution >= 0.6 is 0 Å². The Morgan fingerprint density at radius 1 is 0.941 bits per heavy atom. The summed E-state index contributed by atoms with van der Waals surface area (Å²) in [5, 5.41) is 34.1. The lowest BCUT2D eigenvalue weighted by molar-refractivity contribution is -0.871. The first-order chi connectivity index (χ1) is 15.2. The number of quaternary nitrogens is 1. The molecule has 1 aliphatic heterocycles. The number of ether oxygens (including phenoxy) is 3. The van der Waals surface area contributed by atoms with Crippen LogP contribution in [-0.2, 0) is 26.0 Å².